The van der Waals surface area contributed by atoms with Crippen molar-refractivity contribution < 1.29 is 9.90 Å². The van der Waals surface area contributed by atoms with Crippen LogP contribution in [-0.4, -0.2) is 27.3 Å². The van der Waals surface area contributed by atoms with Crippen molar-refractivity contribution in [2.75, 3.05) is 0 Å². The van der Waals surface area contributed by atoms with E-state index in [0.29, 0.717) is 11.4 Å². The number of phenols is 1. The average Bonchev–Trinajstić information content (AvgIpc) is 3.12. The Morgan fingerprint density at radius 1 is 1.12 bits per heavy atom. The Kier molecular flexibility index (Phi) is 3.82. The number of aromatic amines is 1. The molecule has 124 valence electrons. The van der Waals surface area contributed by atoms with Gasteiger partial charge in [0.1, 0.15) is 11.4 Å². The van der Waals surface area contributed by atoms with E-state index in [-0.39, 0.29) is 17.7 Å². The smallest absolute Gasteiger partial charge is 0.269 e. The molecule has 3 aromatic rings. The Labute approximate surface area is 144 Å². The summed E-state index contributed by atoms with van der Waals surface area (Å²) in [5.74, 6) is -0.0366. The number of nitrogens with zero attached hydrogens (tertiary/aromatic N) is 1. The zero-order chi connectivity index (χ0) is 17.2. The lowest BCUT2D eigenvalue weighted by atomic mass is 10.0. The lowest BCUT2D eigenvalue weighted by Crippen LogP contribution is -2.39. The maximum atomic E-state index is 12.5. The number of amides is 1. The zero-order valence-electron chi connectivity index (χ0n) is 13.4. The second-order valence-electron chi connectivity index (χ2n) is 6.03. The van der Waals surface area contributed by atoms with E-state index < -0.39 is 0 Å². The molecule has 1 heterocycles. The van der Waals surface area contributed by atoms with Crippen molar-refractivity contribution >= 4 is 18.1 Å². The van der Waals surface area contributed by atoms with Gasteiger partial charge in [0.25, 0.3) is 5.91 Å². The number of nitrogens with one attached hydrogen (secondary N) is 2. The maximum Gasteiger partial charge on any atom is 0.269 e. The summed E-state index contributed by atoms with van der Waals surface area (Å²) in [6.45, 7) is 0. The molecule has 0 spiro atoms. The minimum Gasteiger partial charge on any atom is -0.508 e. The lowest BCUT2D eigenvalue weighted by Gasteiger charge is -2.15. The molecule has 25 heavy (non-hydrogen) atoms. The van der Waals surface area contributed by atoms with Gasteiger partial charge in [-0.25, -0.2) is 0 Å². The molecule has 5 nitrogen and oxygen atoms in total. The Balaban J connectivity index is 1.52. The number of carbonyl (C=O) groups is 1. The molecule has 0 bridgehead atoms. The number of aromatic hydroxyl groups is 1. The van der Waals surface area contributed by atoms with Crippen molar-refractivity contribution in [1.29, 1.82) is 0 Å². The summed E-state index contributed by atoms with van der Waals surface area (Å²) in [5.41, 5.74) is 1.76. The van der Waals surface area contributed by atoms with Gasteiger partial charge in [-0.3, -0.25) is 9.89 Å². The average molecular weight is 331 g/mol. The molecular weight excluding hydrogens is 314 g/mol. The predicted molar refractivity (Wildman–Crippen MR) is 96.2 cm³/mol. The number of hydrogen-bond acceptors (Lipinski definition) is 3. The van der Waals surface area contributed by atoms with Crippen LogP contribution in [0.1, 0.15) is 16.9 Å². The van der Waals surface area contributed by atoms with Crippen molar-refractivity contribution in [3.05, 3.63) is 70.7 Å². The summed E-state index contributed by atoms with van der Waals surface area (Å²) in [6, 6.07) is 16.5. The van der Waals surface area contributed by atoms with Crippen LogP contribution in [0.4, 0.5) is 0 Å². The Hall–Kier alpha value is -3.34. The van der Waals surface area contributed by atoms with E-state index in [0.717, 1.165) is 17.2 Å². The number of benzene rings is 2. The SMILES string of the molecule is O=C(NC1C=c2ccccc2=CC1)c1cc(-c2cccc(O)c2)n[nH]1. The molecule has 3 N–H and O–H groups in total. The first-order valence-corrected chi connectivity index (χ1v) is 8.12. The van der Waals surface area contributed by atoms with Crippen molar-refractivity contribution in [2.45, 2.75) is 12.5 Å². The van der Waals surface area contributed by atoms with Crippen molar-refractivity contribution in [3.8, 4) is 17.0 Å². The van der Waals surface area contributed by atoms with Crippen LogP contribution >= 0.6 is 0 Å². The molecular formula is C20H17N3O2. The molecule has 1 atom stereocenters. The summed E-state index contributed by atoms with van der Waals surface area (Å²) < 4.78 is 0. The van der Waals surface area contributed by atoms with Gasteiger partial charge in [0.05, 0.1) is 11.7 Å². The molecule has 0 radical (unpaired) electrons. The zero-order valence-corrected chi connectivity index (χ0v) is 13.4. The fourth-order valence-corrected chi connectivity index (χ4v) is 2.99. The summed E-state index contributed by atoms with van der Waals surface area (Å²) in [7, 11) is 0. The molecule has 5 heteroatoms. The highest BCUT2D eigenvalue weighted by Gasteiger charge is 2.15. The predicted octanol–water partition coefficient (Wildman–Crippen LogP) is 1.55. The third kappa shape index (κ3) is 3.17. The molecule has 4 rings (SSSR count). The molecule has 1 aliphatic rings. The van der Waals surface area contributed by atoms with Crippen LogP contribution in [0, 0.1) is 0 Å². The number of fused-ring (bicyclic) bond motifs is 1. The van der Waals surface area contributed by atoms with E-state index in [2.05, 4.69) is 33.7 Å². The molecule has 0 saturated heterocycles. The fourth-order valence-electron chi connectivity index (χ4n) is 2.99. The van der Waals surface area contributed by atoms with E-state index in [1.807, 2.05) is 24.3 Å². The summed E-state index contributed by atoms with van der Waals surface area (Å²) in [5, 5.41) is 21.8. The highest BCUT2D eigenvalue weighted by Crippen LogP contribution is 2.21. The molecule has 0 aliphatic heterocycles. The van der Waals surface area contributed by atoms with E-state index in [4.69, 9.17) is 0 Å². The number of H-pyrrole nitrogens is 1. The highest BCUT2D eigenvalue weighted by molar-refractivity contribution is 5.94. The van der Waals surface area contributed by atoms with E-state index in [1.165, 1.54) is 5.22 Å². The van der Waals surface area contributed by atoms with Gasteiger partial charge < -0.3 is 10.4 Å². The van der Waals surface area contributed by atoms with Crippen LogP contribution in [0.2, 0.25) is 0 Å². The maximum absolute atomic E-state index is 12.5. The third-order valence-electron chi connectivity index (χ3n) is 4.25. The molecule has 1 amide bonds. The van der Waals surface area contributed by atoms with E-state index >= 15 is 0 Å². The highest BCUT2D eigenvalue weighted by atomic mass is 16.3. The molecule has 1 unspecified atom stereocenters. The first-order chi connectivity index (χ1) is 12.2. The van der Waals surface area contributed by atoms with Crippen LogP contribution < -0.4 is 15.8 Å². The van der Waals surface area contributed by atoms with Gasteiger partial charge in [-0.1, -0.05) is 48.6 Å². The molecule has 2 aromatic carbocycles. The third-order valence-corrected chi connectivity index (χ3v) is 4.25. The molecule has 0 saturated carbocycles. The minimum atomic E-state index is -0.201. The van der Waals surface area contributed by atoms with Crippen molar-refractivity contribution in [2.24, 2.45) is 0 Å². The van der Waals surface area contributed by atoms with Gasteiger partial charge >= 0.3 is 0 Å². The van der Waals surface area contributed by atoms with Gasteiger partial charge in [0.15, 0.2) is 0 Å². The van der Waals surface area contributed by atoms with Crippen LogP contribution in [0.3, 0.4) is 0 Å². The Morgan fingerprint density at radius 2 is 1.96 bits per heavy atom. The molecule has 1 aromatic heterocycles. The fraction of sp³-hybridized carbons (Fsp3) is 0.100. The number of phenolic OH excluding ortho intramolecular Hbond substituents is 1. The number of hydrogen-bond donors (Lipinski definition) is 3. The van der Waals surface area contributed by atoms with Crippen molar-refractivity contribution in [3.63, 3.8) is 0 Å². The number of rotatable bonds is 3. The normalized spacial score (nSPS) is 15.6. The van der Waals surface area contributed by atoms with Crippen LogP contribution in [0.5, 0.6) is 5.75 Å². The van der Waals surface area contributed by atoms with E-state index in [1.54, 1.807) is 24.3 Å². The second kappa shape index (κ2) is 6.28. The summed E-state index contributed by atoms with van der Waals surface area (Å²) in [4.78, 5) is 12.5. The van der Waals surface area contributed by atoms with Crippen LogP contribution in [0.25, 0.3) is 23.4 Å². The first-order valence-electron chi connectivity index (χ1n) is 8.12. The largest absolute Gasteiger partial charge is 0.508 e. The number of aromatic nitrogens is 2. The first kappa shape index (κ1) is 15.2. The molecule has 1 aliphatic carbocycles. The Morgan fingerprint density at radius 3 is 2.80 bits per heavy atom. The van der Waals surface area contributed by atoms with Gasteiger partial charge in [-0.05, 0) is 35.1 Å². The van der Waals surface area contributed by atoms with Crippen LogP contribution in [0.15, 0.2) is 54.6 Å². The lowest BCUT2D eigenvalue weighted by molar-refractivity contribution is 0.0942. The van der Waals surface area contributed by atoms with Gasteiger partial charge in [-0.2, -0.15) is 5.10 Å². The summed E-state index contributed by atoms with van der Waals surface area (Å²) in [6.07, 6.45) is 4.96. The quantitative estimate of drug-likeness (QED) is 0.681. The second-order valence-corrected chi connectivity index (χ2v) is 6.03. The monoisotopic (exact) mass is 331 g/mol. The van der Waals surface area contributed by atoms with Gasteiger partial charge in [0.2, 0.25) is 0 Å². The number of carbonyl (C=O) groups excluding carboxylic acids is 1. The Bertz CT molecular complexity index is 1050. The van der Waals surface area contributed by atoms with E-state index in [9.17, 15) is 9.90 Å². The topological polar surface area (TPSA) is 78.0 Å². The summed E-state index contributed by atoms with van der Waals surface area (Å²) >= 11 is 0. The van der Waals surface area contributed by atoms with Gasteiger partial charge in [-0.15, -0.1) is 0 Å². The van der Waals surface area contributed by atoms with Gasteiger partial charge in [0, 0.05) is 5.56 Å². The standard InChI is InChI=1S/C20H17N3O2/c24-17-7-3-6-15(11-17)18-12-19(23-22-18)20(25)21-16-9-8-13-4-1-2-5-14(13)10-16/h1-8,10-12,16,24H,9H2,(H,21,25)(H,22,23). The molecule has 0 fully saturated rings. The van der Waals surface area contributed by atoms with Crippen molar-refractivity contribution in [1.82, 2.24) is 15.5 Å². The van der Waals surface area contributed by atoms with Crippen LogP contribution in [-0.2, 0) is 0 Å². The minimum absolute atomic E-state index is 0.0464.